The lowest BCUT2D eigenvalue weighted by atomic mass is 9.88. The zero-order valence-electron chi connectivity index (χ0n) is 17.7. The first kappa shape index (κ1) is 21.3. The van der Waals surface area contributed by atoms with Crippen molar-refractivity contribution in [3.63, 3.8) is 0 Å². The number of nitrogens with one attached hydrogen (secondary N) is 4. The standard InChI is InChI=1S/C23H22BrN7O2/c24-15-9-10-17(16(12-15)21-28-30-31-29-21)26-23(33)19-11-14-7-4-8-18(20(14)25-19)27-22(32)13-5-2-1-3-6-13/h4,7-13,25H,1-3,5-6H2,(H,26,33)(H,27,32)(H,28,29,30,31). The molecule has 168 valence electrons. The monoisotopic (exact) mass is 507 g/mol. The summed E-state index contributed by atoms with van der Waals surface area (Å²) >= 11 is 3.43. The van der Waals surface area contributed by atoms with Crippen molar-refractivity contribution in [3.05, 3.63) is 52.6 Å². The summed E-state index contributed by atoms with van der Waals surface area (Å²) in [7, 11) is 0. The number of nitrogens with zero attached hydrogens (tertiary/aromatic N) is 3. The first-order chi connectivity index (χ1) is 16.1. The highest BCUT2D eigenvalue weighted by Gasteiger charge is 2.22. The van der Waals surface area contributed by atoms with Crippen LogP contribution in [0, 0.1) is 5.92 Å². The topological polar surface area (TPSA) is 128 Å². The maximum atomic E-state index is 13.1. The molecule has 33 heavy (non-hydrogen) atoms. The highest BCUT2D eigenvalue weighted by atomic mass is 79.9. The van der Waals surface area contributed by atoms with E-state index in [2.05, 4.69) is 52.2 Å². The Bertz CT molecular complexity index is 1310. The van der Waals surface area contributed by atoms with Gasteiger partial charge in [0, 0.05) is 21.3 Å². The lowest BCUT2D eigenvalue weighted by Gasteiger charge is -2.20. The van der Waals surface area contributed by atoms with Crippen LogP contribution in [0.4, 0.5) is 11.4 Å². The largest absolute Gasteiger partial charge is 0.349 e. The summed E-state index contributed by atoms with van der Waals surface area (Å²) in [6, 6.07) is 12.8. The van der Waals surface area contributed by atoms with E-state index in [4.69, 9.17) is 0 Å². The summed E-state index contributed by atoms with van der Waals surface area (Å²) in [5.41, 5.74) is 2.96. The summed E-state index contributed by atoms with van der Waals surface area (Å²) in [5.74, 6) is 0.147. The summed E-state index contributed by atoms with van der Waals surface area (Å²) < 4.78 is 0.823. The number of carbonyl (C=O) groups excluding carboxylic acids is 2. The smallest absolute Gasteiger partial charge is 0.272 e. The van der Waals surface area contributed by atoms with E-state index < -0.39 is 0 Å². The number of hydrogen-bond acceptors (Lipinski definition) is 5. The van der Waals surface area contributed by atoms with E-state index in [1.165, 1.54) is 6.42 Å². The molecule has 2 heterocycles. The molecule has 10 heteroatoms. The Balaban J connectivity index is 1.39. The molecule has 0 saturated heterocycles. The SMILES string of the molecule is O=C(Nc1ccc(Br)cc1-c1nn[nH]n1)c1cc2cccc(NC(=O)C3CCCCC3)c2[nH]1. The van der Waals surface area contributed by atoms with Gasteiger partial charge in [0.25, 0.3) is 5.91 Å². The molecule has 2 aromatic carbocycles. The van der Waals surface area contributed by atoms with Gasteiger partial charge in [-0.05, 0) is 48.4 Å². The second-order valence-electron chi connectivity index (χ2n) is 8.16. The van der Waals surface area contributed by atoms with Crippen molar-refractivity contribution in [1.82, 2.24) is 25.6 Å². The van der Waals surface area contributed by atoms with Gasteiger partial charge in [0.2, 0.25) is 11.7 Å². The number of aromatic amines is 2. The Kier molecular flexibility index (Phi) is 5.91. The van der Waals surface area contributed by atoms with E-state index in [0.29, 0.717) is 28.5 Å². The Hall–Kier alpha value is -3.53. The van der Waals surface area contributed by atoms with Gasteiger partial charge in [-0.2, -0.15) is 5.21 Å². The summed E-state index contributed by atoms with van der Waals surface area (Å²) in [5, 5.41) is 20.9. The number of amides is 2. The van der Waals surface area contributed by atoms with Crippen molar-refractivity contribution < 1.29 is 9.59 Å². The molecule has 1 fully saturated rings. The van der Waals surface area contributed by atoms with Gasteiger partial charge in [-0.15, -0.1) is 10.2 Å². The van der Waals surface area contributed by atoms with E-state index in [-0.39, 0.29) is 17.7 Å². The third-order valence-electron chi connectivity index (χ3n) is 5.95. The van der Waals surface area contributed by atoms with E-state index in [9.17, 15) is 9.59 Å². The number of hydrogen-bond donors (Lipinski definition) is 4. The van der Waals surface area contributed by atoms with Crippen LogP contribution in [0.5, 0.6) is 0 Å². The van der Waals surface area contributed by atoms with Crippen LogP contribution in [0.15, 0.2) is 46.9 Å². The molecule has 5 rings (SSSR count). The molecule has 4 aromatic rings. The van der Waals surface area contributed by atoms with Gasteiger partial charge in [-0.1, -0.05) is 47.3 Å². The Labute approximate surface area is 197 Å². The van der Waals surface area contributed by atoms with Gasteiger partial charge in [0.15, 0.2) is 0 Å². The van der Waals surface area contributed by atoms with Crippen LogP contribution in [-0.2, 0) is 4.79 Å². The number of fused-ring (bicyclic) bond motifs is 1. The van der Waals surface area contributed by atoms with Crippen molar-refractivity contribution in [1.29, 1.82) is 0 Å². The molecule has 0 aliphatic heterocycles. The Morgan fingerprint density at radius 1 is 1.00 bits per heavy atom. The first-order valence-electron chi connectivity index (χ1n) is 10.9. The number of benzene rings is 2. The van der Waals surface area contributed by atoms with Crippen molar-refractivity contribution in [3.8, 4) is 11.4 Å². The van der Waals surface area contributed by atoms with Gasteiger partial charge in [0.05, 0.1) is 16.9 Å². The summed E-state index contributed by atoms with van der Waals surface area (Å²) in [6.07, 6.45) is 5.24. The zero-order valence-corrected chi connectivity index (χ0v) is 19.3. The maximum absolute atomic E-state index is 13.1. The number of carbonyl (C=O) groups is 2. The van der Waals surface area contributed by atoms with E-state index in [1.54, 1.807) is 12.1 Å². The highest BCUT2D eigenvalue weighted by molar-refractivity contribution is 9.10. The lowest BCUT2D eigenvalue weighted by molar-refractivity contribution is -0.120. The number of halogens is 1. The molecule has 2 aromatic heterocycles. The molecule has 4 N–H and O–H groups in total. The minimum atomic E-state index is -0.317. The van der Waals surface area contributed by atoms with Crippen LogP contribution in [0.2, 0.25) is 0 Å². The molecule has 9 nitrogen and oxygen atoms in total. The molecule has 1 aliphatic carbocycles. The number of aromatic nitrogens is 5. The van der Waals surface area contributed by atoms with Crippen molar-refractivity contribution >= 4 is 50.0 Å². The fourth-order valence-corrected chi connectivity index (χ4v) is 4.62. The van der Waals surface area contributed by atoms with Crippen molar-refractivity contribution in [2.75, 3.05) is 10.6 Å². The molecule has 1 saturated carbocycles. The Morgan fingerprint density at radius 2 is 1.85 bits per heavy atom. The minimum Gasteiger partial charge on any atom is -0.349 e. The normalized spacial score (nSPS) is 14.3. The van der Waals surface area contributed by atoms with Gasteiger partial charge in [-0.25, -0.2) is 0 Å². The highest BCUT2D eigenvalue weighted by Crippen LogP contribution is 2.30. The van der Waals surface area contributed by atoms with Gasteiger partial charge in [-0.3, -0.25) is 9.59 Å². The first-order valence-corrected chi connectivity index (χ1v) is 11.6. The minimum absolute atomic E-state index is 0.0439. The van der Waals surface area contributed by atoms with Gasteiger partial charge in [0.1, 0.15) is 5.69 Å². The zero-order chi connectivity index (χ0) is 22.8. The quantitative estimate of drug-likeness (QED) is 0.306. The third kappa shape index (κ3) is 4.51. The average Bonchev–Trinajstić information content (AvgIpc) is 3.51. The second kappa shape index (κ2) is 9.14. The molecule has 0 unspecified atom stereocenters. The molecule has 1 aliphatic rings. The van der Waals surface area contributed by atoms with Crippen LogP contribution in [-0.4, -0.2) is 37.4 Å². The fraction of sp³-hybridized carbons (Fsp3) is 0.261. The van der Waals surface area contributed by atoms with E-state index in [0.717, 1.165) is 41.1 Å². The molecule has 0 atom stereocenters. The lowest BCUT2D eigenvalue weighted by Crippen LogP contribution is -2.24. The van der Waals surface area contributed by atoms with E-state index >= 15 is 0 Å². The summed E-state index contributed by atoms with van der Waals surface area (Å²) in [6.45, 7) is 0. The molecule has 0 spiro atoms. The number of H-pyrrole nitrogens is 2. The predicted octanol–water partition coefficient (Wildman–Crippen LogP) is 4.88. The molecular formula is C23H22BrN7O2. The molecule has 0 radical (unpaired) electrons. The van der Waals surface area contributed by atoms with Crippen LogP contribution in [0.1, 0.15) is 42.6 Å². The molecule has 2 amide bonds. The van der Waals surface area contributed by atoms with Crippen molar-refractivity contribution in [2.45, 2.75) is 32.1 Å². The van der Waals surface area contributed by atoms with Crippen LogP contribution in [0.3, 0.4) is 0 Å². The predicted molar refractivity (Wildman–Crippen MR) is 129 cm³/mol. The molecule has 0 bridgehead atoms. The fourth-order valence-electron chi connectivity index (χ4n) is 4.26. The average molecular weight is 508 g/mol. The number of tetrazole rings is 1. The van der Waals surface area contributed by atoms with Crippen LogP contribution in [0.25, 0.3) is 22.3 Å². The van der Waals surface area contributed by atoms with Crippen LogP contribution < -0.4 is 10.6 Å². The third-order valence-corrected chi connectivity index (χ3v) is 6.44. The van der Waals surface area contributed by atoms with Gasteiger partial charge >= 0.3 is 0 Å². The summed E-state index contributed by atoms with van der Waals surface area (Å²) in [4.78, 5) is 29.0. The van der Waals surface area contributed by atoms with Crippen LogP contribution >= 0.6 is 15.9 Å². The second-order valence-corrected chi connectivity index (χ2v) is 9.07. The Morgan fingerprint density at radius 3 is 2.64 bits per heavy atom. The van der Waals surface area contributed by atoms with Gasteiger partial charge < -0.3 is 15.6 Å². The number of para-hydroxylation sites is 1. The number of rotatable bonds is 5. The van der Waals surface area contributed by atoms with Crippen molar-refractivity contribution in [2.24, 2.45) is 5.92 Å². The maximum Gasteiger partial charge on any atom is 0.272 e. The number of anilines is 2. The van der Waals surface area contributed by atoms with E-state index in [1.807, 2.05) is 30.3 Å². The molecular weight excluding hydrogens is 486 g/mol.